The summed E-state index contributed by atoms with van der Waals surface area (Å²) in [5.41, 5.74) is 3.35. The molecule has 1 aliphatic heterocycles. The Labute approximate surface area is 152 Å². The first kappa shape index (κ1) is 16.8. The van der Waals surface area contributed by atoms with E-state index in [1.807, 2.05) is 13.8 Å². The molecule has 0 unspecified atom stereocenters. The summed E-state index contributed by atoms with van der Waals surface area (Å²) in [6.07, 6.45) is 4.15. The van der Waals surface area contributed by atoms with Gasteiger partial charge in [0.05, 0.1) is 29.7 Å². The third-order valence-electron chi connectivity index (χ3n) is 5.63. The zero-order valence-electron chi connectivity index (χ0n) is 15.1. The van der Waals surface area contributed by atoms with Gasteiger partial charge < -0.3 is 4.74 Å². The van der Waals surface area contributed by atoms with Crippen LogP contribution in [0.2, 0.25) is 0 Å². The minimum absolute atomic E-state index is 0.0373. The number of hydrogen-bond acceptors (Lipinski definition) is 4. The van der Waals surface area contributed by atoms with E-state index in [4.69, 9.17) is 4.74 Å². The fourth-order valence-electron chi connectivity index (χ4n) is 4.65. The van der Waals surface area contributed by atoms with Crippen LogP contribution in [0.3, 0.4) is 0 Å². The standard InChI is InChI=1S/C21H21NO4/c1-4-26-21(25)12-5-7-13(8-6-12)22-19(23)17-14-9-10-15(16(14)11(2)3)18(17)20(22)24/h5-10,14-15,17-18H,4H2,1-3H3/t14-,15+,17+,18-. The van der Waals surface area contributed by atoms with Gasteiger partial charge in [0.25, 0.3) is 0 Å². The lowest BCUT2D eigenvalue weighted by Gasteiger charge is -2.19. The van der Waals surface area contributed by atoms with Crippen molar-refractivity contribution < 1.29 is 19.1 Å². The Bertz CT molecular complexity index is 827. The molecule has 0 N–H and O–H groups in total. The molecule has 2 amide bonds. The summed E-state index contributed by atoms with van der Waals surface area (Å²) in [5, 5.41) is 0. The van der Waals surface area contributed by atoms with Gasteiger partial charge in [0.15, 0.2) is 0 Å². The summed E-state index contributed by atoms with van der Waals surface area (Å²) in [6.45, 7) is 6.14. The fraction of sp³-hybridized carbons (Fsp3) is 0.381. The number of anilines is 1. The van der Waals surface area contributed by atoms with E-state index in [0.717, 1.165) is 0 Å². The Kier molecular flexibility index (Phi) is 3.83. The molecule has 1 saturated heterocycles. The molecule has 2 aliphatic carbocycles. The molecule has 1 aromatic rings. The van der Waals surface area contributed by atoms with Crippen molar-refractivity contribution in [2.45, 2.75) is 20.8 Å². The fourth-order valence-corrected chi connectivity index (χ4v) is 4.65. The van der Waals surface area contributed by atoms with E-state index in [0.29, 0.717) is 17.9 Å². The topological polar surface area (TPSA) is 63.7 Å². The van der Waals surface area contributed by atoms with Crippen molar-refractivity contribution in [2.24, 2.45) is 23.7 Å². The molecule has 5 nitrogen and oxygen atoms in total. The third-order valence-corrected chi connectivity index (χ3v) is 5.63. The minimum atomic E-state index is -0.412. The molecule has 0 radical (unpaired) electrons. The predicted octanol–water partition coefficient (Wildman–Crippen LogP) is 3.12. The average Bonchev–Trinajstić information content (AvgIpc) is 3.25. The molecule has 26 heavy (non-hydrogen) atoms. The number of amides is 2. The van der Waals surface area contributed by atoms with Gasteiger partial charge in [0.1, 0.15) is 0 Å². The maximum atomic E-state index is 13.0. The SMILES string of the molecule is CCOC(=O)c1ccc(N2C(=O)[C@@H]3[C@H](C2=O)[C@H]2C=C[C@@H]3C2=C(C)C)cc1. The first-order valence-corrected chi connectivity index (χ1v) is 8.96. The highest BCUT2D eigenvalue weighted by molar-refractivity contribution is 6.23. The maximum Gasteiger partial charge on any atom is 0.338 e. The Morgan fingerprint density at radius 2 is 1.54 bits per heavy atom. The van der Waals surface area contributed by atoms with Crippen LogP contribution in [0.25, 0.3) is 0 Å². The molecule has 1 saturated carbocycles. The number of benzene rings is 1. The van der Waals surface area contributed by atoms with Crippen LogP contribution in [0, 0.1) is 23.7 Å². The Morgan fingerprint density at radius 1 is 1.00 bits per heavy atom. The summed E-state index contributed by atoms with van der Waals surface area (Å²) in [7, 11) is 0. The summed E-state index contributed by atoms with van der Waals surface area (Å²) in [5.74, 6) is -1.21. The molecular formula is C21H21NO4. The molecule has 4 rings (SSSR count). The molecule has 134 valence electrons. The lowest BCUT2D eigenvalue weighted by molar-refractivity contribution is -0.122. The number of esters is 1. The van der Waals surface area contributed by atoms with Crippen LogP contribution in [0.1, 0.15) is 31.1 Å². The molecule has 1 aromatic carbocycles. The van der Waals surface area contributed by atoms with E-state index >= 15 is 0 Å². The van der Waals surface area contributed by atoms with Crippen LogP contribution in [-0.4, -0.2) is 24.4 Å². The zero-order valence-corrected chi connectivity index (χ0v) is 15.1. The number of fused-ring (bicyclic) bond motifs is 5. The van der Waals surface area contributed by atoms with Crippen molar-refractivity contribution >= 4 is 23.5 Å². The Morgan fingerprint density at radius 3 is 2.00 bits per heavy atom. The van der Waals surface area contributed by atoms with Gasteiger partial charge in [-0.3, -0.25) is 9.59 Å². The number of carbonyl (C=O) groups is 3. The quantitative estimate of drug-likeness (QED) is 0.477. The predicted molar refractivity (Wildman–Crippen MR) is 96.4 cm³/mol. The smallest absolute Gasteiger partial charge is 0.338 e. The van der Waals surface area contributed by atoms with Crippen LogP contribution in [0.15, 0.2) is 47.6 Å². The van der Waals surface area contributed by atoms with E-state index < -0.39 is 5.97 Å². The molecule has 5 heteroatoms. The van der Waals surface area contributed by atoms with Crippen molar-refractivity contribution in [3.8, 4) is 0 Å². The average molecular weight is 351 g/mol. The van der Waals surface area contributed by atoms with Gasteiger partial charge in [-0.05, 0) is 45.0 Å². The van der Waals surface area contributed by atoms with Crippen molar-refractivity contribution in [2.75, 3.05) is 11.5 Å². The summed E-state index contributed by atoms with van der Waals surface area (Å²) >= 11 is 0. The zero-order chi connectivity index (χ0) is 18.6. The van der Waals surface area contributed by atoms with E-state index in [1.165, 1.54) is 16.0 Å². The number of rotatable bonds is 3. The van der Waals surface area contributed by atoms with E-state index in [1.54, 1.807) is 31.2 Å². The van der Waals surface area contributed by atoms with Crippen LogP contribution in [-0.2, 0) is 14.3 Å². The van der Waals surface area contributed by atoms with E-state index in [2.05, 4.69) is 12.2 Å². The van der Waals surface area contributed by atoms with E-state index in [9.17, 15) is 14.4 Å². The lowest BCUT2D eigenvalue weighted by Crippen LogP contribution is -2.33. The van der Waals surface area contributed by atoms with Crippen molar-refractivity contribution in [1.29, 1.82) is 0 Å². The molecule has 0 spiro atoms. The first-order valence-electron chi connectivity index (χ1n) is 8.96. The normalized spacial score (nSPS) is 28.7. The summed E-state index contributed by atoms with van der Waals surface area (Å²) < 4.78 is 4.97. The minimum Gasteiger partial charge on any atom is -0.462 e. The van der Waals surface area contributed by atoms with Crippen LogP contribution in [0.5, 0.6) is 0 Å². The van der Waals surface area contributed by atoms with Gasteiger partial charge in [0.2, 0.25) is 11.8 Å². The molecule has 3 aliphatic rings. The number of carbonyl (C=O) groups excluding carboxylic acids is 3. The van der Waals surface area contributed by atoms with Gasteiger partial charge in [-0.2, -0.15) is 0 Å². The number of imide groups is 1. The number of ether oxygens (including phenoxy) is 1. The van der Waals surface area contributed by atoms with Gasteiger partial charge in [-0.15, -0.1) is 0 Å². The molecule has 2 bridgehead atoms. The van der Waals surface area contributed by atoms with Crippen molar-refractivity contribution in [3.63, 3.8) is 0 Å². The molecule has 4 atom stereocenters. The van der Waals surface area contributed by atoms with Gasteiger partial charge in [0, 0.05) is 11.8 Å². The van der Waals surface area contributed by atoms with Crippen LogP contribution < -0.4 is 4.90 Å². The second-order valence-electron chi connectivity index (χ2n) is 7.22. The van der Waals surface area contributed by atoms with Crippen molar-refractivity contribution in [3.05, 3.63) is 53.1 Å². The van der Waals surface area contributed by atoms with Crippen LogP contribution >= 0.6 is 0 Å². The maximum absolute atomic E-state index is 13.0. The Hall–Kier alpha value is -2.69. The highest BCUT2D eigenvalue weighted by Gasteiger charge is 2.61. The van der Waals surface area contributed by atoms with Gasteiger partial charge >= 0.3 is 5.97 Å². The lowest BCUT2D eigenvalue weighted by atomic mass is 9.85. The Balaban J connectivity index is 1.64. The molecule has 2 fully saturated rings. The second-order valence-corrected chi connectivity index (χ2v) is 7.22. The molecule has 1 heterocycles. The van der Waals surface area contributed by atoms with Crippen LogP contribution in [0.4, 0.5) is 5.69 Å². The molecular weight excluding hydrogens is 330 g/mol. The number of allylic oxidation sites excluding steroid dienone is 4. The van der Waals surface area contributed by atoms with Gasteiger partial charge in [-0.25, -0.2) is 9.69 Å². The van der Waals surface area contributed by atoms with Crippen molar-refractivity contribution in [1.82, 2.24) is 0 Å². The summed E-state index contributed by atoms with van der Waals surface area (Å²) in [4.78, 5) is 39.1. The number of nitrogens with zero attached hydrogens (tertiary/aromatic N) is 1. The van der Waals surface area contributed by atoms with E-state index in [-0.39, 0.29) is 35.5 Å². The highest BCUT2D eigenvalue weighted by Crippen LogP contribution is 2.57. The highest BCUT2D eigenvalue weighted by atomic mass is 16.5. The van der Waals surface area contributed by atoms with Gasteiger partial charge in [-0.1, -0.05) is 23.3 Å². The first-order chi connectivity index (χ1) is 12.5. The summed E-state index contributed by atoms with van der Waals surface area (Å²) in [6, 6.07) is 6.47. The monoisotopic (exact) mass is 351 g/mol. The largest absolute Gasteiger partial charge is 0.462 e. The number of hydrogen-bond donors (Lipinski definition) is 0. The second kappa shape index (κ2) is 5.94. The molecule has 0 aromatic heterocycles. The third kappa shape index (κ3) is 2.19.